The van der Waals surface area contributed by atoms with Crippen molar-refractivity contribution in [2.24, 2.45) is 0 Å². The average Bonchev–Trinajstić information content (AvgIpc) is 2.36. The molecule has 0 atom stereocenters. The molecule has 0 heterocycles. The molecule has 0 aromatic heterocycles. The summed E-state index contributed by atoms with van der Waals surface area (Å²) in [5.41, 5.74) is 1.35. The van der Waals surface area contributed by atoms with Gasteiger partial charge in [0.25, 0.3) is 0 Å². The van der Waals surface area contributed by atoms with Crippen LogP contribution in [0.5, 0.6) is 0 Å². The Labute approximate surface area is 114 Å². The Bertz CT molecular complexity index is 429. The van der Waals surface area contributed by atoms with Crippen molar-refractivity contribution in [3.63, 3.8) is 0 Å². The molecule has 0 bridgehead atoms. The van der Waals surface area contributed by atoms with E-state index in [2.05, 4.69) is 10.6 Å². The number of carbonyl (C=O) groups is 2. The molecule has 0 spiro atoms. The molecule has 1 aromatic rings. The van der Waals surface area contributed by atoms with Crippen LogP contribution in [0.25, 0.3) is 0 Å². The first-order valence-electron chi connectivity index (χ1n) is 6.27. The number of nitrogens with one attached hydrogen (secondary N) is 2. The molecule has 0 saturated heterocycles. The molecule has 0 aliphatic carbocycles. The number of anilines is 1. The van der Waals surface area contributed by atoms with Crippen LogP contribution in [0.1, 0.15) is 17.3 Å². The van der Waals surface area contributed by atoms with Crippen molar-refractivity contribution in [2.75, 3.05) is 39.0 Å². The number of amides is 1. The molecule has 0 saturated carbocycles. The van der Waals surface area contributed by atoms with E-state index in [1.165, 1.54) is 6.92 Å². The smallest absolute Gasteiger partial charge is 0.238 e. The van der Waals surface area contributed by atoms with Crippen LogP contribution in [0.2, 0.25) is 0 Å². The van der Waals surface area contributed by atoms with Crippen molar-refractivity contribution in [3.8, 4) is 0 Å². The van der Waals surface area contributed by atoms with E-state index in [1.54, 1.807) is 24.3 Å². The van der Waals surface area contributed by atoms with Crippen molar-refractivity contribution >= 4 is 17.4 Å². The van der Waals surface area contributed by atoms with Crippen molar-refractivity contribution in [3.05, 3.63) is 29.8 Å². The number of hydrogen-bond acceptors (Lipinski definition) is 4. The molecular formula is C14H21N3O2. The minimum Gasteiger partial charge on any atom is -0.325 e. The molecule has 5 heteroatoms. The molecule has 0 unspecified atom stereocenters. The van der Waals surface area contributed by atoms with Crippen molar-refractivity contribution in [2.45, 2.75) is 6.92 Å². The molecule has 104 valence electrons. The van der Waals surface area contributed by atoms with Crippen molar-refractivity contribution in [1.29, 1.82) is 0 Å². The number of carbonyl (C=O) groups excluding carboxylic acids is 2. The van der Waals surface area contributed by atoms with Crippen LogP contribution >= 0.6 is 0 Å². The Morgan fingerprint density at radius 1 is 1.21 bits per heavy atom. The van der Waals surface area contributed by atoms with Gasteiger partial charge in [-0.15, -0.1) is 0 Å². The SMILES string of the molecule is CNCCN(C)CC(=O)Nc1ccc(C(C)=O)cc1. The number of benzene rings is 1. The quantitative estimate of drug-likeness (QED) is 0.720. The molecule has 0 aliphatic heterocycles. The number of hydrogen-bond donors (Lipinski definition) is 2. The molecule has 1 aromatic carbocycles. The highest BCUT2D eigenvalue weighted by Gasteiger charge is 2.06. The summed E-state index contributed by atoms with van der Waals surface area (Å²) in [5, 5.41) is 5.84. The zero-order valence-corrected chi connectivity index (χ0v) is 11.7. The summed E-state index contributed by atoms with van der Waals surface area (Å²) >= 11 is 0. The highest BCUT2D eigenvalue weighted by Crippen LogP contribution is 2.09. The number of nitrogens with zero attached hydrogens (tertiary/aromatic N) is 1. The molecule has 0 fully saturated rings. The fourth-order valence-corrected chi connectivity index (χ4v) is 1.62. The first-order chi connectivity index (χ1) is 9.02. The van der Waals surface area contributed by atoms with Crippen LogP contribution < -0.4 is 10.6 Å². The van der Waals surface area contributed by atoms with Gasteiger partial charge < -0.3 is 10.6 Å². The van der Waals surface area contributed by atoms with Crippen LogP contribution in [-0.2, 0) is 4.79 Å². The average molecular weight is 263 g/mol. The molecular weight excluding hydrogens is 242 g/mol. The van der Waals surface area contributed by atoms with Gasteiger partial charge in [0.05, 0.1) is 6.54 Å². The lowest BCUT2D eigenvalue weighted by Crippen LogP contribution is -2.34. The van der Waals surface area contributed by atoms with E-state index in [0.29, 0.717) is 17.8 Å². The zero-order chi connectivity index (χ0) is 14.3. The van der Waals surface area contributed by atoms with Gasteiger partial charge in [-0.25, -0.2) is 0 Å². The highest BCUT2D eigenvalue weighted by molar-refractivity contribution is 5.96. The van der Waals surface area contributed by atoms with Crippen molar-refractivity contribution in [1.82, 2.24) is 10.2 Å². The minimum atomic E-state index is -0.0609. The number of ketones is 1. The third-order valence-electron chi connectivity index (χ3n) is 2.73. The summed E-state index contributed by atoms with van der Waals surface area (Å²) in [6, 6.07) is 6.90. The van der Waals surface area contributed by atoms with Gasteiger partial charge in [0, 0.05) is 24.3 Å². The van der Waals surface area contributed by atoms with Gasteiger partial charge in [-0.2, -0.15) is 0 Å². The Morgan fingerprint density at radius 2 is 1.84 bits per heavy atom. The summed E-state index contributed by atoms with van der Waals surface area (Å²) in [4.78, 5) is 24.8. The van der Waals surface area contributed by atoms with Crippen LogP contribution in [0.4, 0.5) is 5.69 Å². The van der Waals surface area contributed by atoms with Crippen molar-refractivity contribution < 1.29 is 9.59 Å². The first-order valence-corrected chi connectivity index (χ1v) is 6.27. The summed E-state index contributed by atoms with van der Waals surface area (Å²) in [7, 11) is 3.78. The largest absolute Gasteiger partial charge is 0.325 e. The number of rotatable bonds is 7. The summed E-state index contributed by atoms with van der Waals surface area (Å²) in [6.07, 6.45) is 0. The summed E-state index contributed by atoms with van der Waals surface area (Å²) in [6.45, 7) is 3.52. The third kappa shape index (κ3) is 5.63. The van der Waals surface area contributed by atoms with Crippen LogP contribution in [0.3, 0.4) is 0 Å². The maximum absolute atomic E-state index is 11.8. The lowest BCUT2D eigenvalue weighted by atomic mass is 10.1. The zero-order valence-electron chi connectivity index (χ0n) is 11.7. The normalized spacial score (nSPS) is 10.5. The summed E-state index contributed by atoms with van der Waals surface area (Å²) in [5.74, 6) is -0.0427. The first kappa shape index (κ1) is 15.3. The molecule has 0 aliphatic rings. The fourth-order valence-electron chi connectivity index (χ4n) is 1.62. The van der Waals surface area contributed by atoms with Gasteiger partial charge in [0.1, 0.15) is 0 Å². The van der Waals surface area contributed by atoms with E-state index in [-0.39, 0.29) is 11.7 Å². The predicted octanol–water partition coefficient (Wildman–Crippen LogP) is 0.979. The number of Topliss-reactive ketones (excluding diaryl/α,β-unsaturated/α-hetero) is 1. The topological polar surface area (TPSA) is 61.4 Å². The Morgan fingerprint density at radius 3 is 2.37 bits per heavy atom. The second kappa shape index (κ2) is 7.66. The molecule has 2 N–H and O–H groups in total. The molecule has 1 amide bonds. The van der Waals surface area contributed by atoms with Gasteiger partial charge in [0.15, 0.2) is 5.78 Å². The van der Waals surface area contributed by atoms with Crippen LogP contribution in [-0.4, -0.2) is 50.3 Å². The van der Waals surface area contributed by atoms with E-state index in [0.717, 1.165) is 13.1 Å². The predicted molar refractivity (Wildman–Crippen MR) is 76.5 cm³/mol. The van der Waals surface area contributed by atoms with E-state index < -0.39 is 0 Å². The molecule has 1 rings (SSSR count). The fraction of sp³-hybridized carbons (Fsp3) is 0.429. The van der Waals surface area contributed by atoms with Gasteiger partial charge in [0.2, 0.25) is 5.91 Å². The number of likely N-dealkylation sites (N-methyl/N-ethyl adjacent to an activating group) is 2. The minimum absolute atomic E-state index is 0.0182. The molecule has 0 radical (unpaired) electrons. The Hall–Kier alpha value is -1.72. The van der Waals surface area contributed by atoms with E-state index in [1.807, 2.05) is 19.0 Å². The van der Waals surface area contributed by atoms with E-state index >= 15 is 0 Å². The molecule has 5 nitrogen and oxygen atoms in total. The van der Waals surface area contributed by atoms with E-state index in [4.69, 9.17) is 0 Å². The third-order valence-corrected chi connectivity index (χ3v) is 2.73. The second-order valence-corrected chi connectivity index (χ2v) is 4.52. The highest BCUT2D eigenvalue weighted by atomic mass is 16.2. The maximum Gasteiger partial charge on any atom is 0.238 e. The standard InChI is InChI=1S/C14H21N3O2/c1-11(18)12-4-6-13(7-5-12)16-14(19)10-17(3)9-8-15-2/h4-7,15H,8-10H2,1-3H3,(H,16,19). The molecule has 19 heavy (non-hydrogen) atoms. The monoisotopic (exact) mass is 263 g/mol. The second-order valence-electron chi connectivity index (χ2n) is 4.52. The summed E-state index contributed by atoms with van der Waals surface area (Å²) < 4.78 is 0. The maximum atomic E-state index is 11.8. The van der Waals surface area contributed by atoms with Gasteiger partial charge in [-0.3, -0.25) is 14.5 Å². The Balaban J connectivity index is 2.45. The van der Waals surface area contributed by atoms with Crippen LogP contribution in [0, 0.1) is 0 Å². The lowest BCUT2D eigenvalue weighted by Gasteiger charge is -2.15. The van der Waals surface area contributed by atoms with Gasteiger partial charge >= 0.3 is 0 Å². The Kier molecular flexibility index (Phi) is 6.18. The van der Waals surface area contributed by atoms with Gasteiger partial charge in [-0.05, 0) is 45.3 Å². The van der Waals surface area contributed by atoms with Crippen LogP contribution in [0.15, 0.2) is 24.3 Å². The van der Waals surface area contributed by atoms with E-state index in [9.17, 15) is 9.59 Å². The lowest BCUT2D eigenvalue weighted by molar-refractivity contribution is -0.117. The van der Waals surface area contributed by atoms with Gasteiger partial charge in [-0.1, -0.05) is 0 Å².